The molecule has 20 nitrogen and oxygen atoms in total. The molecule has 5 unspecified atom stereocenters. The first-order chi connectivity index (χ1) is 58.6. The van der Waals surface area contributed by atoms with E-state index in [-0.39, 0.29) is 106 Å². The molecule has 10 rings (SSSR count). The number of amides is 3. The van der Waals surface area contributed by atoms with Gasteiger partial charge in [-0.1, -0.05) is 213 Å². The van der Waals surface area contributed by atoms with Crippen LogP contribution in [0.3, 0.4) is 0 Å². The predicted octanol–water partition coefficient (Wildman–Crippen LogP) is 23.3. The highest BCUT2D eigenvalue weighted by atomic mass is 79.9. The van der Waals surface area contributed by atoms with Crippen molar-refractivity contribution in [3.8, 4) is 17.2 Å². The number of halogens is 1. The highest BCUT2D eigenvalue weighted by Crippen LogP contribution is 2.53. The molecule has 5 atom stereocenters. The van der Waals surface area contributed by atoms with Crippen LogP contribution in [0.1, 0.15) is 320 Å². The van der Waals surface area contributed by atoms with Crippen molar-refractivity contribution < 1.29 is 71.8 Å². The molecule has 5 aromatic rings. The fourth-order valence-corrected chi connectivity index (χ4v) is 17.9. The van der Waals surface area contributed by atoms with Crippen LogP contribution in [-0.4, -0.2) is 127 Å². The second-order valence-electron chi connectivity index (χ2n) is 40.5. The Kier molecular flexibility index (Phi) is 43.2. The van der Waals surface area contributed by atoms with Gasteiger partial charge in [-0.05, 0) is 287 Å². The first-order valence-corrected chi connectivity index (χ1v) is 47.7. The van der Waals surface area contributed by atoms with Gasteiger partial charge in [0.05, 0.1) is 19.8 Å². The van der Waals surface area contributed by atoms with Crippen LogP contribution in [0, 0.1) is 43.4 Å². The number of aromatic hydroxyl groups is 1. The van der Waals surface area contributed by atoms with Crippen molar-refractivity contribution >= 4 is 52.1 Å². The number of nitrogens with two attached hydrogens (primary N) is 2. The molecule has 0 spiro atoms. The second-order valence-corrected chi connectivity index (χ2v) is 41.0. The normalized spacial score (nSPS) is 17.2. The minimum Gasteiger partial charge on any atom is -0.508 e. The maximum atomic E-state index is 12.5. The Morgan fingerprint density at radius 2 is 0.584 bits per heavy atom. The van der Waals surface area contributed by atoms with Crippen LogP contribution in [0.5, 0.6) is 17.2 Å². The van der Waals surface area contributed by atoms with Crippen LogP contribution in [0.15, 0.2) is 121 Å². The van der Waals surface area contributed by atoms with Crippen LogP contribution in [0.25, 0.3) is 0 Å². The molecule has 0 heterocycles. The van der Waals surface area contributed by atoms with E-state index in [0.29, 0.717) is 72.3 Å². The molecule has 0 bridgehead atoms. The van der Waals surface area contributed by atoms with Crippen LogP contribution in [-0.2, 0) is 69.9 Å². The molecule has 125 heavy (non-hydrogen) atoms. The van der Waals surface area contributed by atoms with E-state index >= 15 is 0 Å². The molecule has 5 aliphatic rings. The van der Waals surface area contributed by atoms with Crippen molar-refractivity contribution in [1.29, 1.82) is 0 Å². The fourth-order valence-electron chi connectivity index (χ4n) is 17.8. The van der Waals surface area contributed by atoms with Gasteiger partial charge in [-0.25, -0.2) is 24.0 Å². The summed E-state index contributed by atoms with van der Waals surface area (Å²) in [5.41, 5.74) is 20.9. The Balaban J connectivity index is 0.000000274. The Bertz CT molecular complexity index is 3910. The van der Waals surface area contributed by atoms with Crippen LogP contribution >= 0.6 is 15.9 Å². The number of hydrogen-bond acceptors (Lipinski definition) is 17. The lowest BCUT2D eigenvalue weighted by Gasteiger charge is -2.49. The first-order valence-electron chi connectivity index (χ1n) is 46.6. The van der Waals surface area contributed by atoms with Crippen molar-refractivity contribution in [2.45, 2.75) is 369 Å². The van der Waals surface area contributed by atoms with E-state index in [9.17, 15) is 33.9 Å². The van der Waals surface area contributed by atoms with Crippen molar-refractivity contribution in [1.82, 2.24) is 16.0 Å². The van der Waals surface area contributed by atoms with Gasteiger partial charge in [0.1, 0.15) is 39.4 Å². The highest BCUT2D eigenvalue weighted by Gasteiger charge is 2.51. The molecule has 8 N–H and O–H groups in total. The third kappa shape index (κ3) is 34.3. The minimum atomic E-state index is -0.531. The average Bonchev–Trinajstić information content (AvgIpc) is 0.780. The number of alkyl halides is 1. The lowest BCUT2D eigenvalue weighted by molar-refractivity contribution is -0.146. The number of benzene rings is 5. The van der Waals surface area contributed by atoms with Crippen LogP contribution < -0.4 is 36.9 Å². The smallest absolute Gasteiger partial charge is 0.407 e. The zero-order valence-electron chi connectivity index (χ0n) is 80.9. The number of nitrogens with one attached hydrogen (secondary N) is 3. The third-order valence-electron chi connectivity index (χ3n) is 24.6. The summed E-state index contributed by atoms with van der Waals surface area (Å²) < 4.78 is 41.8. The highest BCUT2D eigenvalue weighted by molar-refractivity contribution is 9.09. The first kappa shape index (κ1) is 108. The predicted molar refractivity (Wildman–Crippen MR) is 508 cm³/mol. The van der Waals surface area contributed by atoms with Crippen LogP contribution in [0.4, 0.5) is 14.4 Å². The number of carbonyl (C=O) groups excluding carboxylic acids is 6. The number of aryl methyl sites for hydroxylation is 2. The minimum absolute atomic E-state index is 0.00704. The van der Waals surface area contributed by atoms with Crippen molar-refractivity contribution in [2.24, 2.45) is 41.1 Å². The van der Waals surface area contributed by atoms with E-state index in [1.165, 1.54) is 71.0 Å². The number of phenols is 1. The molecule has 0 radical (unpaired) electrons. The Hall–Kier alpha value is -7.88. The summed E-state index contributed by atoms with van der Waals surface area (Å²) in [4.78, 5) is 70.2. The molecule has 5 saturated carbocycles. The quantitative estimate of drug-likeness (QED) is 0.0129. The third-order valence-corrected chi connectivity index (χ3v) is 25.0. The van der Waals surface area contributed by atoms with Gasteiger partial charge in [-0.3, -0.25) is 4.79 Å². The molecular weight excluding hydrogens is 1640 g/mol. The van der Waals surface area contributed by atoms with Crippen LogP contribution in [0.2, 0.25) is 0 Å². The van der Waals surface area contributed by atoms with E-state index in [0.717, 1.165) is 96.3 Å². The maximum absolute atomic E-state index is 12.5. The van der Waals surface area contributed by atoms with Gasteiger partial charge in [0.2, 0.25) is 0 Å². The largest absolute Gasteiger partial charge is 0.508 e. The molecular formula is C104H162BrN5O15. The van der Waals surface area contributed by atoms with Gasteiger partial charge >= 0.3 is 36.2 Å². The summed E-state index contributed by atoms with van der Waals surface area (Å²) in [7, 11) is 0. The van der Waals surface area contributed by atoms with Gasteiger partial charge < -0.3 is 70.4 Å². The number of alkyl carbamates (subject to hydrolysis) is 3. The van der Waals surface area contributed by atoms with Gasteiger partial charge in [0, 0.05) is 57.3 Å². The van der Waals surface area contributed by atoms with E-state index in [4.69, 9.17) is 44.6 Å². The van der Waals surface area contributed by atoms with Gasteiger partial charge in [0.25, 0.3) is 0 Å². The summed E-state index contributed by atoms with van der Waals surface area (Å²) in [6, 6.07) is 41.8. The molecule has 5 aliphatic carbocycles. The molecule has 0 saturated heterocycles. The zero-order chi connectivity index (χ0) is 93.3. The van der Waals surface area contributed by atoms with E-state index in [1.807, 2.05) is 111 Å². The topological polar surface area (TPSA) is 285 Å². The molecule has 0 aromatic heterocycles. The second kappa shape index (κ2) is 50.2. The van der Waals surface area contributed by atoms with E-state index in [1.54, 1.807) is 32.9 Å². The summed E-state index contributed by atoms with van der Waals surface area (Å²) in [5.74, 6) is 3.39. The number of hydrogen-bond donors (Lipinski definition) is 6. The lowest BCUT2D eigenvalue weighted by atomic mass is 9.59. The van der Waals surface area contributed by atoms with Gasteiger partial charge in [-0.15, -0.1) is 0 Å². The number of rotatable bonds is 33. The maximum Gasteiger partial charge on any atom is 0.407 e. The number of esters is 3. The molecule has 0 aliphatic heterocycles. The zero-order valence-corrected chi connectivity index (χ0v) is 82.5. The van der Waals surface area contributed by atoms with Crippen molar-refractivity contribution in [3.05, 3.63) is 160 Å². The molecule has 21 heteroatoms. The van der Waals surface area contributed by atoms with Crippen molar-refractivity contribution in [3.63, 3.8) is 0 Å². The lowest BCUT2D eigenvalue weighted by Crippen LogP contribution is -2.55. The number of phenolic OH excluding ortho intramolecular Hbond substituents is 1. The van der Waals surface area contributed by atoms with E-state index < -0.39 is 16.8 Å². The Morgan fingerprint density at radius 1 is 0.360 bits per heavy atom. The molecule has 3 amide bonds. The molecule has 5 fully saturated rings. The number of ether oxygens (including phenoxy) is 8. The van der Waals surface area contributed by atoms with Gasteiger partial charge in [-0.2, -0.15) is 0 Å². The number of carbonyl (C=O) groups is 6. The fraction of sp³-hybridized carbons (Fsp3) is 0.654. The SMILES string of the molecule is CC(C)CC(NC(=O)OC(C)(C)C)C1(c2ccc(O)cc2)CCC1.CCOC(=O)CBr.CCOC(=O)COc1ccc(C2(C(CC(C)C)NC(=O)OC(C)(C)C)CCC2)cc1.CCOC(=O)COc1ccc(C2(C(N)CC(C)C)CCC2)cc1.Cc1ccc(C2(C(CC(C)C)NC(=O)OC(C)(C)C)CCC2)cc1.Cc1ccc(C2(C(N)CC(C)C)CCC2)cc1. The Morgan fingerprint density at radius 3 is 0.784 bits per heavy atom. The monoisotopic (exact) mass is 1800 g/mol. The molecule has 5 aromatic carbocycles. The van der Waals surface area contributed by atoms with Crippen molar-refractivity contribution in [2.75, 3.05) is 38.4 Å². The summed E-state index contributed by atoms with van der Waals surface area (Å²) in [5, 5.41) is 19.4. The summed E-state index contributed by atoms with van der Waals surface area (Å²) >= 11 is 2.94. The van der Waals surface area contributed by atoms with Gasteiger partial charge in [0.15, 0.2) is 13.2 Å². The molecule has 700 valence electrons. The summed E-state index contributed by atoms with van der Waals surface area (Å²) in [6.45, 7) is 49.7. The van der Waals surface area contributed by atoms with E-state index in [2.05, 4.69) is 180 Å². The average molecular weight is 1800 g/mol. The summed E-state index contributed by atoms with van der Waals surface area (Å²) in [6.07, 6.45) is 21.2. The Labute approximate surface area is 761 Å². The standard InChI is InChI=1S/C24H37NO5.C21H33NO2.C20H31NO3.C19H29NO3.C16H25N.C4H7BrO2/c1-7-28-21(26)16-29-19-11-9-18(10-12-19)24(13-8-14-24)20(15-17(2)3)25-22(27)30-23(4,5)6;1-15(2)14-18(22-19(23)24-20(4,5)6)21(12-7-13-21)17-10-8-16(3)9-11-17;1-14(2)13-17(21-18(23)24-19(3,4)5)20(11-6-12-20)15-7-9-16(22)10-8-15;1-4-22-18(21)13-23-16-8-6-15(7-9-16)19(10-5-11-19)17(20)12-14(2)3;1-12(2)11-15(17)16(9-4-10-16)14-7-5-13(3)6-8-14;1-2-7-4(6)3-5/h9-12,17,20H,7-8,13-16H2,1-6H3,(H,25,27);8-11,15,18H,7,12-14H2,1-6H3,(H,22,23);7-10,14,17,22H,6,11-13H2,1-5H3,(H,21,23);6-9,14,17H,4-5,10-13,20H2,1-3H3;5-8,12,15H,4,9-11,17H2,1-3H3;2-3H2,1H3.